The average molecular weight is 525 g/mol. The summed E-state index contributed by atoms with van der Waals surface area (Å²) in [6, 6.07) is 14.5. The van der Waals surface area contributed by atoms with Crippen molar-refractivity contribution in [2.75, 3.05) is 18.4 Å². The number of phenols is 1. The molecule has 0 atom stereocenters. The zero-order valence-electron chi connectivity index (χ0n) is 18.8. The number of oxazole rings is 1. The van der Waals surface area contributed by atoms with E-state index in [4.69, 9.17) is 16.0 Å². The summed E-state index contributed by atoms with van der Waals surface area (Å²) in [5, 5.41) is 13.5. The van der Waals surface area contributed by atoms with E-state index in [9.17, 15) is 13.5 Å². The molecule has 2 aromatic carbocycles. The van der Waals surface area contributed by atoms with Crippen LogP contribution in [-0.2, 0) is 10.0 Å². The van der Waals surface area contributed by atoms with E-state index in [1.54, 1.807) is 41.1 Å². The SMILES string of the molecule is O=S(=O)(NCCCNc1nccc(-c2c(-c3cccc(O)c3)nc3occn23)n1)c1ccc(Cl)cc1. The molecule has 12 heteroatoms. The second-order valence-electron chi connectivity index (χ2n) is 7.81. The van der Waals surface area contributed by atoms with Crippen LogP contribution in [0.5, 0.6) is 5.75 Å². The molecule has 5 rings (SSSR count). The lowest BCUT2D eigenvalue weighted by molar-refractivity contribution is 0.475. The van der Waals surface area contributed by atoms with Crippen molar-refractivity contribution in [3.05, 3.63) is 78.3 Å². The fourth-order valence-electron chi connectivity index (χ4n) is 3.65. The second kappa shape index (κ2) is 9.97. The first-order chi connectivity index (χ1) is 17.4. The monoisotopic (exact) mass is 524 g/mol. The number of hydrogen-bond acceptors (Lipinski definition) is 8. The molecular formula is C24H21ClN6O4S. The molecule has 0 aliphatic heterocycles. The van der Waals surface area contributed by atoms with Crippen LogP contribution in [0.1, 0.15) is 6.42 Å². The molecule has 10 nitrogen and oxygen atoms in total. The van der Waals surface area contributed by atoms with Gasteiger partial charge in [-0.1, -0.05) is 23.7 Å². The fourth-order valence-corrected chi connectivity index (χ4v) is 4.85. The number of aromatic hydroxyl groups is 1. The lowest BCUT2D eigenvalue weighted by Crippen LogP contribution is -2.26. The number of sulfonamides is 1. The summed E-state index contributed by atoms with van der Waals surface area (Å²) < 4.78 is 34.6. The fraction of sp³-hybridized carbons (Fsp3) is 0.125. The van der Waals surface area contributed by atoms with Gasteiger partial charge in [-0.15, -0.1) is 0 Å². The maximum Gasteiger partial charge on any atom is 0.306 e. The van der Waals surface area contributed by atoms with E-state index in [0.29, 0.717) is 52.4 Å². The van der Waals surface area contributed by atoms with Gasteiger partial charge in [-0.25, -0.2) is 23.1 Å². The number of nitrogens with zero attached hydrogens (tertiary/aromatic N) is 4. The van der Waals surface area contributed by atoms with Gasteiger partial charge in [-0.2, -0.15) is 4.98 Å². The van der Waals surface area contributed by atoms with E-state index in [1.807, 2.05) is 6.07 Å². The van der Waals surface area contributed by atoms with Crippen LogP contribution in [0.2, 0.25) is 5.02 Å². The Bertz CT molecular complexity index is 1620. The van der Waals surface area contributed by atoms with Gasteiger partial charge in [0.05, 0.1) is 10.6 Å². The highest BCUT2D eigenvalue weighted by molar-refractivity contribution is 7.89. The smallest absolute Gasteiger partial charge is 0.306 e. The maximum absolute atomic E-state index is 12.4. The van der Waals surface area contributed by atoms with Crippen LogP contribution in [0.25, 0.3) is 28.5 Å². The predicted molar refractivity (Wildman–Crippen MR) is 135 cm³/mol. The number of aromatic nitrogens is 4. The van der Waals surface area contributed by atoms with Crippen molar-refractivity contribution < 1.29 is 17.9 Å². The highest BCUT2D eigenvalue weighted by Crippen LogP contribution is 2.33. The number of halogens is 1. The molecule has 0 aliphatic carbocycles. The van der Waals surface area contributed by atoms with Gasteiger partial charge in [-0.3, -0.25) is 4.40 Å². The van der Waals surface area contributed by atoms with Gasteiger partial charge in [0.15, 0.2) is 0 Å². The van der Waals surface area contributed by atoms with Gasteiger partial charge >= 0.3 is 5.84 Å². The quantitative estimate of drug-likeness (QED) is 0.244. The van der Waals surface area contributed by atoms with Crippen LogP contribution in [-0.4, -0.2) is 46.0 Å². The Morgan fingerprint density at radius 1 is 1.06 bits per heavy atom. The molecule has 0 radical (unpaired) electrons. The lowest BCUT2D eigenvalue weighted by Gasteiger charge is -2.09. The highest BCUT2D eigenvalue weighted by Gasteiger charge is 2.20. The molecule has 36 heavy (non-hydrogen) atoms. The van der Waals surface area contributed by atoms with E-state index < -0.39 is 10.0 Å². The third kappa shape index (κ3) is 5.03. The first-order valence-electron chi connectivity index (χ1n) is 11.0. The van der Waals surface area contributed by atoms with E-state index in [-0.39, 0.29) is 17.2 Å². The van der Waals surface area contributed by atoms with Crippen LogP contribution < -0.4 is 10.0 Å². The summed E-state index contributed by atoms with van der Waals surface area (Å²) in [6.07, 6.45) is 5.41. The van der Waals surface area contributed by atoms with Gasteiger partial charge in [0, 0.05) is 36.1 Å². The molecule has 0 fully saturated rings. The standard InChI is InChI=1S/C24H21ClN6O4S/c25-17-5-7-19(8-6-17)36(33,34)28-11-2-10-26-23-27-12-9-20(29-23)22-21(16-3-1-4-18(32)15-16)30-24-31(22)13-14-35-24/h1,3-9,12-15,28,32H,2,10-11H2,(H,26,27,29). The second-order valence-corrected chi connectivity index (χ2v) is 10.0. The number of imidazole rings is 1. The van der Waals surface area contributed by atoms with E-state index in [2.05, 4.69) is 25.0 Å². The van der Waals surface area contributed by atoms with Crippen molar-refractivity contribution in [1.82, 2.24) is 24.1 Å². The minimum absolute atomic E-state index is 0.125. The molecule has 0 saturated carbocycles. The molecule has 3 aromatic heterocycles. The topological polar surface area (TPSA) is 135 Å². The number of fused-ring (bicyclic) bond motifs is 1. The van der Waals surface area contributed by atoms with Gasteiger partial charge in [0.1, 0.15) is 23.4 Å². The zero-order valence-corrected chi connectivity index (χ0v) is 20.4. The van der Waals surface area contributed by atoms with Crippen molar-refractivity contribution in [1.29, 1.82) is 0 Å². The third-order valence-corrected chi connectivity index (χ3v) is 7.06. The Morgan fingerprint density at radius 3 is 2.69 bits per heavy atom. The summed E-state index contributed by atoms with van der Waals surface area (Å²) in [5.74, 6) is 0.901. The minimum Gasteiger partial charge on any atom is -0.508 e. The molecule has 0 amide bonds. The van der Waals surface area contributed by atoms with Crippen molar-refractivity contribution in [3.63, 3.8) is 0 Å². The highest BCUT2D eigenvalue weighted by atomic mass is 35.5. The summed E-state index contributed by atoms with van der Waals surface area (Å²) in [4.78, 5) is 13.6. The molecule has 5 aromatic rings. The Morgan fingerprint density at radius 2 is 1.89 bits per heavy atom. The van der Waals surface area contributed by atoms with Crippen LogP contribution in [0.15, 0.2) is 82.6 Å². The predicted octanol–water partition coefficient (Wildman–Crippen LogP) is 4.19. The summed E-state index contributed by atoms with van der Waals surface area (Å²) in [5.41, 5.74) is 2.60. The first-order valence-corrected chi connectivity index (χ1v) is 12.8. The normalized spacial score (nSPS) is 11.7. The molecule has 0 spiro atoms. The average Bonchev–Trinajstić information content (AvgIpc) is 3.46. The van der Waals surface area contributed by atoms with Crippen molar-refractivity contribution in [2.45, 2.75) is 11.3 Å². The van der Waals surface area contributed by atoms with Crippen molar-refractivity contribution >= 4 is 33.4 Å². The Hall–Kier alpha value is -3.93. The summed E-state index contributed by atoms with van der Waals surface area (Å²) in [7, 11) is -3.61. The van der Waals surface area contributed by atoms with Crippen molar-refractivity contribution in [2.24, 2.45) is 0 Å². The molecular weight excluding hydrogens is 504 g/mol. The summed E-state index contributed by atoms with van der Waals surface area (Å²) in [6.45, 7) is 0.678. The van der Waals surface area contributed by atoms with Crippen LogP contribution in [0.3, 0.4) is 0 Å². The van der Waals surface area contributed by atoms with Gasteiger partial charge in [-0.05, 0) is 48.9 Å². The maximum atomic E-state index is 12.4. The van der Waals surface area contributed by atoms with E-state index in [1.165, 1.54) is 30.5 Å². The molecule has 0 aliphatic rings. The van der Waals surface area contributed by atoms with Crippen LogP contribution in [0.4, 0.5) is 5.95 Å². The largest absolute Gasteiger partial charge is 0.508 e. The van der Waals surface area contributed by atoms with E-state index in [0.717, 1.165) is 0 Å². The summed E-state index contributed by atoms with van der Waals surface area (Å²) >= 11 is 5.82. The third-order valence-electron chi connectivity index (χ3n) is 5.33. The molecule has 184 valence electrons. The van der Waals surface area contributed by atoms with Crippen LogP contribution in [0, 0.1) is 0 Å². The number of hydrogen-bond donors (Lipinski definition) is 3. The number of rotatable bonds is 9. The Kier molecular flexibility index (Phi) is 6.59. The number of phenolic OH excluding ortho intramolecular Hbond substituents is 1. The van der Waals surface area contributed by atoms with Gasteiger partial charge in [0.2, 0.25) is 16.0 Å². The minimum atomic E-state index is -3.61. The van der Waals surface area contributed by atoms with E-state index >= 15 is 0 Å². The Balaban J connectivity index is 1.28. The van der Waals surface area contributed by atoms with Gasteiger partial charge < -0.3 is 14.8 Å². The lowest BCUT2D eigenvalue weighted by atomic mass is 10.1. The molecule has 3 N–H and O–H groups in total. The number of nitrogens with one attached hydrogen (secondary N) is 2. The van der Waals surface area contributed by atoms with Gasteiger partial charge in [0.25, 0.3) is 0 Å². The molecule has 0 bridgehead atoms. The zero-order chi connectivity index (χ0) is 25.1. The first kappa shape index (κ1) is 23.8. The number of anilines is 1. The van der Waals surface area contributed by atoms with Crippen LogP contribution >= 0.6 is 11.6 Å². The molecule has 0 saturated heterocycles. The molecule has 0 unspecified atom stereocenters. The van der Waals surface area contributed by atoms with Crippen molar-refractivity contribution in [3.8, 4) is 28.4 Å². The Labute approximate surface area is 211 Å². The number of benzene rings is 2. The molecule has 3 heterocycles.